The molecule has 0 aliphatic rings. The van der Waals surface area contributed by atoms with Crippen LogP contribution in [-0.4, -0.2) is 45.9 Å². The van der Waals surface area contributed by atoms with Crippen molar-refractivity contribution in [2.24, 2.45) is 0 Å². The minimum Gasteiger partial charge on any atom is -0.476 e. The molecule has 1 heterocycles. The van der Waals surface area contributed by atoms with Gasteiger partial charge in [0.05, 0.1) is 18.6 Å². The summed E-state index contributed by atoms with van der Waals surface area (Å²) in [5, 5.41) is 21.6. The SMILES string of the molecule is COc1ncnc(NCC(O)C(F)(F)F)c1[N+](=O)[O-]. The molecule has 0 radical (unpaired) electrons. The molecular weight excluding hydrogens is 273 g/mol. The van der Waals surface area contributed by atoms with Crippen LogP contribution in [0, 0.1) is 10.1 Å². The van der Waals surface area contributed by atoms with E-state index in [-0.39, 0.29) is 0 Å². The van der Waals surface area contributed by atoms with Crippen LogP contribution >= 0.6 is 0 Å². The minimum absolute atomic E-state index is 0.399. The molecule has 0 saturated heterocycles. The third kappa shape index (κ3) is 3.64. The van der Waals surface area contributed by atoms with Gasteiger partial charge in [0.25, 0.3) is 5.88 Å². The first-order valence-corrected chi connectivity index (χ1v) is 4.79. The maximum Gasteiger partial charge on any atom is 0.416 e. The number of anilines is 1. The summed E-state index contributed by atoms with van der Waals surface area (Å²) >= 11 is 0. The Morgan fingerprint density at radius 3 is 2.68 bits per heavy atom. The van der Waals surface area contributed by atoms with Crippen molar-refractivity contribution in [1.29, 1.82) is 0 Å². The largest absolute Gasteiger partial charge is 0.476 e. The predicted octanol–water partition coefficient (Wildman–Crippen LogP) is 0.728. The van der Waals surface area contributed by atoms with Gasteiger partial charge in [0.1, 0.15) is 6.33 Å². The number of halogens is 3. The number of hydrogen-bond donors (Lipinski definition) is 2. The van der Waals surface area contributed by atoms with Gasteiger partial charge >= 0.3 is 11.9 Å². The molecule has 1 aromatic rings. The van der Waals surface area contributed by atoms with Crippen LogP contribution in [0.5, 0.6) is 5.88 Å². The molecule has 0 fully saturated rings. The number of aliphatic hydroxyl groups is 1. The van der Waals surface area contributed by atoms with E-state index in [0.717, 1.165) is 13.4 Å². The molecule has 1 rings (SSSR count). The van der Waals surface area contributed by atoms with Crippen LogP contribution in [0.3, 0.4) is 0 Å². The van der Waals surface area contributed by atoms with E-state index < -0.39 is 41.1 Å². The van der Waals surface area contributed by atoms with E-state index in [1.165, 1.54) is 0 Å². The van der Waals surface area contributed by atoms with Gasteiger partial charge in [-0.25, -0.2) is 4.98 Å². The van der Waals surface area contributed by atoms with Crippen LogP contribution < -0.4 is 10.1 Å². The van der Waals surface area contributed by atoms with Crippen molar-refractivity contribution < 1.29 is 27.9 Å². The Bertz CT molecular complexity index is 468. The molecule has 106 valence electrons. The number of alkyl halides is 3. The molecule has 0 aliphatic heterocycles. The van der Waals surface area contributed by atoms with Gasteiger partial charge in [-0.3, -0.25) is 10.1 Å². The number of aromatic nitrogens is 2. The monoisotopic (exact) mass is 282 g/mol. The van der Waals surface area contributed by atoms with Crippen molar-refractivity contribution >= 4 is 11.5 Å². The van der Waals surface area contributed by atoms with Gasteiger partial charge in [0.2, 0.25) is 5.82 Å². The summed E-state index contributed by atoms with van der Waals surface area (Å²) in [7, 11) is 1.11. The Kier molecular flexibility index (Phi) is 4.43. The van der Waals surface area contributed by atoms with Crippen molar-refractivity contribution in [2.75, 3.05) is 19.0 Å². The number of methoxy groups -OCH3 is 1. The van der Waals surface area contributed by atoms with Crippen LogP contribution in [-0.2, 0) is 0 Å². The van der Waals surface area contributed by atoms with Gasteiger partial charge in [-0.15, -0.1) is 0 Å². The normalized spacial score (nSPS) is 12.9. The zero-order valence-corrected chi connectivity index (χ0v) is 9.51. The van der Waals surface area contributed by atoms with Crippen LogP contribution in [0.15, 0.2) is 6.33 Å². The van der Waals surface area contributed by atoms with Crippen molar-refractivity contribution in [3.05, 3.63) is 16.4 Å². The molecule has 1 atom stereocenters. The molecule has 2 N–H and O–H groups in total. The highest BCUT2D eigenvalue weighted by atomic mass is 19.4. The zero-order chi connectivity index (χ0) is 14.6. The molecule has 1 aromatic heterocycles. The van der Waals surface area contributed by atoms with E-state index in [1.807, 2.05) is 5.32 Å². The van der Waals surface area contributed by atoms with Crippen molar-refractivity contribution in [3.8, 4) is 5.88 Å². The molecule has 0 aromatic carbocycles. The Morgan fingerprint density at radius 2 is 2.21 bits per heavy atom. The number of nitrogens with zero attached hydrogens (tertiary/aromatic N) is 3. The number of rotatable bonds is 5. The second-order valence-corrected chi connectivity index (χ2v) is 3.28. The molecule has 1 unspecified atom stereocenters. The maximum atomic E-state index is 12.1. The van der Waals surface area contributed by atoms with Gasteiger partial charge in [-0.05, 0) is 0 Å². The predicted molar refractivity (Wildman–Crippen MR) is 55.8 cm³/mol. The first-order chi connectivity index (χ1) is 8.77. The summed E-state index contributed by atoms with van der Waals surface area (Å²) in [5.41, 5.74) is -0.709. The fourth-order valence-corrected chi connectivity index (χ4v) is 1.11. The Labute approximate surface area is 104 Å². The summed E-state index contributed by atoms with van der Waals surface area (Å²) in [6.45, 7) is -0.982. The molecular formula is C8H9F3N4O4. The van der Waals surface area contributed by atoms with Crippen molar-refractivity contribution in [2.45, 2.75) is 12.3 Å². The number of ether oxygens (including phenoxy) is 1. The summed E-state index contributed by atoms with van der Waals surface area (Å²) in [4.78, 5) is 16.8. The molecule has 0 spiro atoms. The molecule has 0 saturated carbocycles. The van der Waals surface area contributed by atoms with E-state index in [2.05, 4.69) is 14.7 Å². The second-order valence-electron chi connectivity index (χ2n) is 3.28. The lowest BCUT2D eigenvalue weighted by atomic mass is 10.3. The van der Waals surface area contributed by atoms with E-state index in [1.54, 1.807) is 0 Å². The molecule has 0 aliphatic carbocycles. The molecule has 11 heteroatoms. The van der Waals surface area contributed by atoms with Crippen LogP contribution in [0.2, 0.25) is 0 Å². The quantitative estimate of drug-likeness (QED) is 0.605. The lowest BCUT2D eigenvalue weighted by Crippen LogP contribution is -2.35. The van der Waals surface area contributed by atoms with E-state index in [4.69, 9.17) is 5.11 Å². The van der Waals surface area contributed by atoms with E-state index in [9.17, 15) is 23.3 Å². The lowest BCUT2D eigenvalue weighted by Gasteiger charge is -2.15. The minimum atomic E-state index is -4.83. The first-order valence-electron chi connectivity index (χ1n) is 4.79. The standard InChI is InChI=1S/C8H9F3N4O4/c1-19-7-5(15(17)18)6(13-3-14-7)12-2-4(16)8(9,10)11/h3-4,16H,2H2,1H3,(H,12,13,14). The van der Waals surface area contributed by atoms with E-state index >= 15 is 0 Å². The number of nitro groups is 1. The third-order valence-electron chi connectivity index (χ3n) is 2.01. The average Bonchev–Trinajstić information content (AvgIpc) is 2.33. The smallest absolute Gasteiger partial charge is 0.416 e. The van der Waals surface area contributed by atoms with E-state index in [0.29, 0.717) is 0 Å². The van der Waals surface area contributed by atoms with Crippen LogP contribution in [0.25, 0.3) is 0 Å². The Morgan fingerprint density at radius 1 is 1.58 bits per heavy atom. The zero-order valence-electron chi connectivity index (χ0n) is 9.51. The average molecular weight is 282 g/mol. The molecule has 8 nitrogen and oxygen atoms in total. The fraction of sp³-hybridized carbons (Fsp3) is 0.500. The van der Waals surface area contributed by atoms with Gasteiger partial charge < -0.3 is 15.2 Å². The summed E-state index contributed by atoms with van der Waals surface area (Å²) in [5.74, 6) is -0.871. The maximum absolute atomic E-state index is 12.1. The van der Waals surface area contributed by atoms with Crippen LogP contribution in [0.4, 0.5) is 24.7 Å². The van der Waals surface area contributed by atoms with Crippen LogP contribution in [0.1, 0.15) is 0 Å². The van der Waals surface area contributed by atoms with Crippen molar-refractivity contribution in [3.63, 3.8) is 0 Å². The molecule has 0 amide bonds. The summed E-state index contributed by atoms with van der Waals surface area (Å²) in [6, 6.07) is 0. The summed E-state index contributed by atoms with van der Waals surface area (Å²) < 4.78 is 40.8. The van der Waals surface area contributed by atoms with Gasteiger partial charge in [0, 0.05) is 0 Å². The van der Waals surface area contributed by atoms with Gasteiger partial charge in [-0.1, -0.05) is 0 Å². The van der Waals surface area contributed by atoms with Gasteiger partial charge in [0.15, 0.2) is 6.10 Å². The number of aliphatic hydroxyl groups excluding tert-OH is 1. The first kappa shape index (κ1) is 14.9. The molecule has 0 bridgehead atoms. The van der Waals surface area contributed by atoms with Crippen molar-refractivity contribution in [1.82, 2.24) is 9.97 Å². The second kappa shape index (κ2) is 5.65. The number of nitrogens with one attached hydrogen (secondary N) is 1. The Hall–Kier alpha value is -2.17. The third-order valence-corrected chi connectivity index (χ3v) is 2.01. The highest BCUT2D eigenvalue weighted by Gasteiger charge is 2.38. The highest BCUT2D eigenvalue weighted by Crippen LogP contribution is 2.30. The summed E-state index contributed by atoms with van der Waals surface area (Å²) in [6.07, 6.45) is -6.62. The Balaban J connectivity index is 2.93. The topological polar surface area (TPSA) is 110 Å². The highest BCUT2D eigenvalue weighted by molar-refractivity contribution is 5.61. The lowest BCUT2D eigenvalue weighted by molar-refractivity contribution is -0.385. The molecule has 19 heavy (non-hydrogen) atoms. The van der Waals surface area contributed by atoms with Gasteiger partial charge in [-0.2, -0.15) is 18.2 Å². The fourth-order valence-electron chi connectivity index (χ4n) is 1.11. The number of hydrogen-bond acceptors (Lipinski definition) is 7.